The van der Waals surface area contributed by atoms with Crippen molar-refractivity contribution < 1.29 is 4.79 Å². The maximum absolute atomic E-state index is 12.4. The molecular formula is C20H25N3OS. The predicted octanol–water partition coefficient (Wildman–Crippen LogP) is 4.15. The van der Waals surface area contributed by atoms with Gasteiger partial charge in [0.15, 0.2) is 0 Å². The quantitative estimate of drug-likeness (QED) is 0.653. The van der Waals surface area contributed by atoms with Crippen LogP contribution in [0.15, 0.2) is 17.5 Å². The van der Waals surface area contributed by atoms with E-state index in [0.29, 0.717) is 13.0 Å². The lowest BCUT2D eigenvalue weighted by Crippen LogP contribution is -2.26. The number of fused-ring (bicyclic) bond motifs is 1. The summed E-state index contributed by atoms with van der Waals surface area (Å²) >= 11 is 1.69. The summed E-state index contributed by atoms with van der Waals surface area (Å²) in [5.74, 6) is 0.0819. The number of benzene rings is 1. The summed E-state index contributed by atoms with van der Waals surface area (Å²) < 4.78 is 0. The molecule has 1 aromatic carbocycles. The zero-order valence-corrected chi connectivity index (χ0v) is 16.1. The Kier molecular flexibility index (Phi) is 5.23. The second-order valence-electron chi connectivity index (χ2n) is 6.75. The number of H-pyrrole nitrogens is 1. The van der Waals surface area contributed by atoms with E-state index in [-0.39, 0.29) is 5.91 Å². The molecule has 0 atom stereocenters. The van der Waals surface area contributed by atoms with Crippen molar-refractivity contribution >= 4 is 28.1 Å². The lowest BCUT2D eigenvalue weighted by molar-refractivity contribution is -0.120. The van der Waals surface area contributed by atoms with Crippen molar-refractivity contribution in [3.8, 4) is 0 Å². The molecule has 0 spiro atoms. The number of aromatic nitrogens is 2. The van der Waals surface area contributed by atoms with Crippen LogP contribution in [0.1, 0.15) is 39.5 Å². The van der Waals surface area contributed by atoms with Gasteiger partial charge in [0.1, 0.15) is 0 Å². The van der Waals surface area contributed by atoms with Gasteiger partial charge in [0.25, 0.3) is 0 Å². The number of hydrogen-bond donors (Lipinski definition) is 2. The second-order valence-corrected chi connectivity index (χ2v) is 7.69. The summed E-state index contributed by atoms with van der Waals surface area (Å²) in [6, 6.07) is 4.34. The highest BCUT2D eigenvalue weighted by Gasteiger charge is 2.14. The molecule has 0 radical (unpaired) electrons. The summed E-state index contributed by atoms with van der Waals surface area (Å²) in [6.45, 7) is 8.95. The first kappa shape index (κ1) is 17.7. The summed E-state index contributed by atoms with van der Waals surface area (Å²) in [7, 11) is 0. The number of aryl methyl sites for hydroxylation is 5. The Hall–Kier alpha value is -2.14. The molecule has 1 amide bonds. The minimum Gasteiger partial charge on any atom is -0.358 e. The maximum atomic E-state index is 12.4. The molecule has 0 aliphatic rings. The molecule has 0 unspecified atom stereocenters. The molecule has 3 rings (SSSR count). The monoisotopic (exact) mass is 355 g/mol. The summed E-state index contributed by atoms with van der Waals surface area (Å²) in [5.41, 5.74) is 6.86. The fourth-order valence-corrected chi connectivity index (χ4v) is 4.09. The van der Waals surface area contributed by atoms with E-state index in [1.807, 2.05) is 13.8 Å². The molecule has 3 aromatic rings. The highest BCUT2D eigenvalue weighted by molar-refractivity contribution is 7.09. The Morgan fingerprint density at radius 2 is 2.04 bits per heavy atom. The highest BCUT2D eigenvalue weighted by Crippen LogP contribution is 2.26. The molecule has 5 heteroatoms. The fourth-order valence-electron chi connectivity index (χ4n) is 3.27. The molecule has 2 heterocycles. The van der Waals surface area contributed by atoms with Gasteiger partial charge in [-0.05, 0) is 51.3 Å². The SMILES string of the molecule is Cc1cc(C)c2[nH]c(C)c(CC(=O)NCCCc3nc(C)cs3)c2c1. The molecule has 2 aromatic heterocycles. The molecule has 0 aliphatic carbocycles. The molecule has 132 valence electrons. The smallest absolute Gasteiger partial charge is 0.224 e. The minimum absolute atomic E-state index is 0.0819. The normalized spacial score (nSPS) is 11.2. The van der Waals surface area contributed by atoms with Gasteiger partial charge >= 0.3 is 0 Å². The third-order valence-corrected chi connectivity index (χ3v) is 5.49. The van der Waals surface area contributed by atoms with Gasteiger partial charge in [-0.3, -0.25) is 4.79 Å². The van der Waals surface area contributed by atoms with Crippen LogP contribution in [0.4, 0.5) is 0 Å². The number of nitrogens with zero attached hydrogens (tertiary/aromatic N) is 1. The van der Waals surface area contributed by atoms with Gasteiger partial charge < -0.3 is 10.3 Å². The number of rotatable bonds is 6. The topological polar surface area (TPSA) is 57.8 Å². The van der Waals surface area contributed by atoms with Gasteiger partial charge in [-0.1, -0.05) is 11.6 Å². The molecular weight excluding hydrogens is 330 g/mol. The Morgan fingerprint density at radius 1 is 1.24 bits per heavy atom. The van der Waals surface area contributed by atoms with Crippen LogP contribution in [0.2, 0.25) is 0 Å². The van der Waals surface area contributed by atoms with Crippen molar-refractivity contribution in [1.82, 2.24) is 15.3 Å². The number of aromatic amines is 1. The van der Waals surface area contributed by atoms with Crippen LogP contribution in [-0.4, -0.2) is 22.4 Å². The largest absolute Gasteiger partial charge is 0.358 e. The minimum atomic E-state index is 0.0819. The first-order valence-electron chi connectivity index (χ1n) is 8.70. The zero-order valence-electron chi connectivity index (χ0n) is 15.3. The number of carbonyl (C=O) groups is 1. The molecule has 2 N–H and O–H groups in total. The van der Waals surface area contributed by atoms with E-state index in [4.69, 9.17) is 0 Å². The summed E-state index contributed by atoms with van der Waals surface area (Å²) in [6.07, 6.45) is 2.26. The van der Waals surface area contributed by atoms with Gasteiger partial charge in [-0.2, -0.15) is 0 Å². The second kappa shape index (κ2) is 7.40. The third-order valence-electron chi connectivity index (χ3n) is 4.46. The van der Waals surface area contributed by atoms with Gasteiger partial charge in [0.05, 0.1) is 11.4 Å². The Labute approximate surface area is 152 Å². The van der Waals surface area contributed by atoms with E-state index in [2.05, 4.69) is 46.6 Å². The van der Waals surface area contributed by atoms with E-state index in [0.717, 1.165) is 40.3 Å². The molecule has 0 saturated carbocycles. The van der Waals surface area contributed by atoms with Gasteiger partial charge in [-0.25, -0.2) is 4.98 Å². The average Bonchev–Trinajstić information content (AvgIpc) is 3.09. The lowest BCUT2D eigenvalue weighted by Gasteiger charge is -2.06. The van der Waals surface area contributed by atoms with Crippen molar-refractivity contribution in [2.24, 2.45) is 0 Å². The van der Waals surface area contributed by atoms with Crippen molar-refractivity contribution in [3.05, 3.63) is 50.6 Å². The van der Waals surface area contributed by atoms with Crippen molar-refractivity contribution in [2.75, 3.05) is 6.54 Å². The standard InChI is InChI=1S/C20H25N3OS/c1-12-8-13(2)20-17(9-12)16(15(4)23-20)10-18(24)21-7-5-6-19-22-14(3)11-25-19/h8-9,11,23H,5-7,10H2,1-4H3,(H,21,24). The van der Waals surface area contributed by atoms with Crippen LogP contribution in [0.25, 0.3) is 10.9 Å². The van der Waals surface area contributed by atoms with E-state index in [9.17, 15) is 4.79 Å². The van der Waals surface area contributed by atoms with E-state index < -0.39 is 0 Å². The Balaban J connectivity index is 1.59. The van der Waals surface area contributed by atoms with Crippen LogP contribution < -0.4 is 5.32 Å². The molecule has 0 aliphatic heterocycles. The van der Waals surface area contributed by atoms with Crippen molar-refractivity contribution in [2.45, 2.75) is 47.0 Å². The molecule has 25 heavy (non-hydrogen) atoms. The highest BCUT2D eigenvalue weighted by atomic mass is 32.1. The molecule has 4 nitrogen and oxygen atoms in total. The van der Waals surface area contributed by atoms with Crippen LogP contribution in [0.3, 0.4) is 0 Å². The van der Waals surface area contributed by atoms with Crippen LogP contribution >= 0.6 is 11.3 Å². The third kappa shape index (κ3) is 4.10. The molecule has 0 bridgehead atoms. The number of amides is 1. The van der Waals surface area contributed by atoms with E-state index in [1.165, 1.54) is 16.5 Å². The van der Waals surface area contributed by atoms with Crippen LogP contribution in [-0.2, 0) is 17.6 Å². The number of hydrogen-bond acceptors (Lipinski definition) is 3. The number of thiazole rings is 1. The van der Waals surface area contributed by atoms with Gasteiger partial charge in [0.2, 0.25) is 5.91 Å². The predicted molar refractivity (Wildman–Crippen MR) is 104 cm³/mol. The molecule has 0 fully saturated rings. The van der Waals surface area contributed by atoms with Crippen LogP contribution in [0, 0.1) is 27.7 Å². The van der Waals surface area contributed by atoms with E-state index in [1.54, 1.807) is 11.3 Å². The molecule has 0 saturated heterocycles. The Bertz CT molecular complexity index is 907. The summed E-state index contributed by atoms with van der Waals surface area (Å²) in [5, 5.41) is 7.42. The first-order valence-corrected chi connectivity index (χ1v) is 9.58. The number of carbonyl (C=O) groups excluding carboxylic acids is 1. The van der Waals surface area contributed by atoms with Gasteiger partial charge in [-0.15, -0.1) is 11.3 Å². The van der Waals surface area contributed by atoms with Gasteiger partial charge in [0, 0.05) is 40.6 Å². The Morgan fingerprint density at radius 3 is 2.76 bits per heavy atom. The lowest BCUT2D eigenvalue weighted by atomic mass is 10.0. The van der Waals surface area contributed by atoms with E-state index >= 15 is 0 Å². The zero-order chi connectivity index (χ0) is 18.0. The number of nitrogens with one attached hydrogen (secondary N) is 2. The fraction of sp³-hybridized carbons (Fsp3) is 0.400. The first-order chi connectivity index (χ1) is 11.9. The van der Waals surface area contributed by atoms with Crippen LogP contribution in [0.5, 0.6) is 0 Å². The average molecular weight is 356 g/mol. The van der Waals surface area contributed by atoms with Crippen molar-refractivity contribution in [1.29, 1.82) is 0 Å². The maximum Gasteiger partial charge on any atom is 0.224 e. The van der Waals surface area contributed by atoms with Crippen molar-refractivity contribution in [3.63, 3.8) is 0 Å². The summed E-state index contributed by atoms with van der Waals surface area (Å²) in [4.78, 5) is 20.2.